The van der Waals surface area contributed by atoms with Crippen molar-refractivity contribution < 1.29 is 4.74 Å². The Morgan fingerprint density at radius 2 is 1.83 bits per heavy atom. The van der Waals surface area contributed by atoms with Gasteiger partial charge in [0.15, 0.2) is 0 Å². The van der Waals surface area contributed by atoms with E-state index in [1.165, 1.54) is 47.8 Å². The van der Waals surface area contributed by atoms with E-state index in [1.54, 1.807) is 0 Å². The van der Waals surface area contributed by atoms with Gasteiger partial charge >= 0.3 is 0 Å². The molecule has 0 saturated heterocycles. The molecule has 0 amide bonds. The van der Waals surface area contributed by atoms with Crippen molar-refractivity contribution in [1.82, 2.24) is 4.57 Å². The predicted octanol–water partition coefficient (Wildman–Crippen LogP) is 7.73. The summed E-state index contributed by atoms with van der Waals surface area (Å²) < 4.78 is 8.41. The van der Waals surface area contributed by atoms with Crippen molar-refractivity contribution in [3.63, 3.8) is 0 Å². The Kier molecular flexibility index (Phi) is 7.35. The number of ether oxygens (including phenoxy) is 1. The summed E-state index contributed by atoms with van der Waals surface area (Å²) >= 11 is 0. The molecule has 2 aromatic carbocycles. The molecule has 1 heterocycles. The summed E-state index contributed by atoms with van der Waals surface area (Å²) in [5, 5.41) is 1.25. The summed E-state index contributed by atoms with van der Waals surface area (Å²) in [6, 6.07) is 17.0. The van der Waals surface area contributed by atoms with Gasteiger partial charge in [0.1, 0.15) is 5.75 Å². The molecule has 0 fully saturated rings. The first kappa shape index (κ1) is 21.0. The third kappa shape index (κ3) is 4.82. The summed E-state index contributed by atoms with van der Waals surface area (Å²) in [6.45, 7) is 11.3. The van der Waals surface area contributed by atoms with E-state index in [4.69, 9.17) is 4.74 Å². The van der Waals surface area contributed by atoms with Crippen molar-refractivity contribution in [3.05, 3.63) is 78.5 Å². The van der Waals surface area contributed by atoms with E-state index in [2.05, 4.69) is 86.5 Å². The second-order valence-corrected chi connectivity index (χ2v) is 7.67. The highest BCUT2D eigenvalue weighted by molar-refractivity contribution is 5.92. The van der Waals surface area contributed by atoms with Crippen molar-refractivity contribution in [3.8, 4) is 11.4 Å². The molecule has 0 aliphatic heterocycles. The normalized spacial score (nSPS) is 12.5. The van der Waals surface area contributed by atoms with E-state index < -0.39 is 0 Å². The predicted molar refractivity (Wildman–Crippen MR) is 126 cm³/mol. The first-order valence-corrected chi connectivity index (χ1v) is 10.8. The molecular formula is C27H33NO. The maximum atomic E-state index is 6.09. The molecule has 2 heteroatoms. The molecule has 3 rings (SSSR count). The molecule has 0 aliphatic rings. The fourth-order valence-electron chi connectivity index (χ4n) is 3.90. The number of nitrogens with zero attached hydrogens (tertiary/aromatic N) is 1. The molecule has 0 spiro atoms. The van der Waals surface area contributed by atoms with Gasteiger partial charge in [-0.05, 0) is 49.6 Å². The number of benzene rings is 2. The van der Waals surface area contributed by atoms with Gasteiger partial charge in [-0.15, -0.1) is 0 Å². The quantitative estimate of drug-likeness (QED) is 0.325. The minimum atomic E-state index is 0.643. The van der Waals surface area contributed by atoms with E-state index in [9.17, 15) is 0 Å². The molecule has 0 radical (unpaired) electrons. The van der Waals surface area contributed by atoms with Crippen LogP contribution < -0.4 is 4.74 Å². The zero-order chi connectivity index (χ0) is 20.6. The number of aromatic nitrogens is 1. The van der Waals surface area contributed by atoms with Crippen LogP contribution in [0, 0.1) is 12.8 Å². The third-order valence-corrected chi connectivity index (χ3v) is 5.68. The molecule has 0 N–H and O–H groups in total. The molecule has 3 aromatic rings. The molecule has 1 atom stereocenters. The Balaban J connectivity index is 1.85. The summed E-state index contributed by atoms with van der Waals surface area (Å²) in [7, 11) is 0. The van der Waals surface area contributed by atoms with Crippen LogP contribution in [0.3, 0.4) is 0 Å². The summed E-state index contributed by atoms with van der Waals surface area (Å²) in [5.74, 6) is 1.59. The van der Waals surface area contributed by atoms with Gasteiger partial charge in [-0.25, -0.2) is 0 Å². The van der Waals surface area contributed by atoms with Crippen LogP contribution in [-0.2, 0) is 0 Å². The van der Waals surface area contributed by atoms with E-state index in [-0.39, 0.29) is 0 Å². The first-order chi connectivity index (χ1) is 14.2. The molecule has 0 bridgehead atoms. The van der Waals surface area contributed by atoms with Crippen molar-refractivity contribution in [2.24, 2.45) is 5.92 Å². The van der Waals surface area contributed by atoms with E-state index >= 15 is 0 Å². The lowest BCUT2D eigenvalue weighted by Crippen LogP contribution is -2.11. The zero-order valence-electron chi connectivity index (χ0n) is 18.0. The summed E-state index contributed by atoms with van der Waals surface area (Å²) in [4.78, 5) is 0. The number of allylic oxidation sites excluding steroid dienone is 2. The van der Waals surface area contributed by atoms with Gasteiger partial charge in [-0.2, -0.15) is 0 Å². The minimum absolute atomic E-state index is 0.643. The monoisotopic (exact) mass is 387 g/mol. The topological polar surface area (TPSA) is 14.2 Å². The van der Waals surface area contributed by atoms with Gasteiger partial charge in [0.2, 0.25) is 0 Å². The van der Waals surface area contributed by atoms with E-state index in [1.807, 2.05) is 12.2 Å². The Labute approximate surface area is 175 Å². The van der Waals surface area contributed by atoms with Crippen LogP contribution in [-0.4, -0.2) is 11.2 Å². The fraction of sp³-hybridized carbons (Fsp3) is 0.333. The lowest BCUT2D eigenvalue weighted by Gasteiger charge is -2.16. The van der Waals surface area contributed by atoms with Gasteiger partial charge < -0.3 is 9.30 Å². The van der Waals surface area contributed by atoms with Crippen molar-refractivity contribution in [2.45, 2.75) is 46.5 Å². The molecule has 0 saturated carbocycles. The zero-order valence-corrected chi connectivity index (χ0v) is 18.0. The number of fused-ring (bicyclic) bond motifs is 1. The van der Waals surface area contributed by atoms with Crippen molar-refractivity contribution in [1.29, 1.82) is 0 Å². The van der Waals surface area contributed by atoms with Gasteiger partial charge in [0.05, 0.1) is 12.1 Å². The maximum absolute atomic E-state index is 6.09. The minimum Gasteiger partial charge on any atom is -0.493 e. The number of para-hydroxylation sites is 1. The third-order valence-electron chi connectivity index (χ3n) is 5.68. The van der Waals surface area contributed by atoms with Gasteiger partial charge in [-0.1, -0.05) is 76.1 Å². The smallest absolute Gasteiger partial charge is 0.119 e. The Hall–Kier alpha value is -2.74. The Morgan fingerprint density at radius 1 is 1.07 bits per heavy atom. The average molecular weight is 388 g/mol. The highest BCUT2D eigenvalue weighted by atomic mass is 16.5. The first-order valence-electron chi connectivity index (χ1n) is 10.8. The van der Waals surface area contributed by atoms with Crippen LogP contribution in [0.5, 0.6) is 5.75 Å². The number of hydrogen-bond donors (Lipinski definition) is 0. The van der Waals surface area contributed by atoms with Crippen LogP contribution in [0.1, 0.15) is 50.8 Å². The van der Waals surface area contributed by atoms with Crippen molar-refractivity contribution in [2.75, 3.05) is 6.61 Å². The molecule has 29 heavy (non-hydrogen) atoms. The van der Waals surface area contributed by atoms with Crippen molar-refractivity contribution >= 4 is 17.0 Å². The highest BCUT2D eigenvalue weighted by Crippen LogP contribution is 2.31. The molecule has 1 aromatic heterocycles. The fourth-order valence-corrected chi connectivity index (χ4v) is 3.90. The molecular weight excluding hydrogens is 354 g/mol. The number of rotatable bonds is 10. The second kappa shape index (κ2) is 10.2. The number of hydrogen-bond acceptors (Lipinski definition) is 1. The molecule has 2 nitrogen and oxygen atoms in total. The summed E-state index contributed by atoms with van der Waals surface area (Å²) in [6.07, 6.45) is 10.9. The summed E-state index contributed by atoms with van der Waals surface area (Å²) in [5.41, 5.74) is 4.83. The van der Waals surface area contributed by atoms with Crippen LogP contribution in [0.25, 0.3) is 22.7 Å². The molecule has 152 valence electrons. The lowest BCUT2D eigenvalue weighted by molar-refractivity contribution is 0.233. The standard InChI is InChI=1S/C27H33NO/c1-5-8-12-22(7-3)20-29-24-18-16-23(17-19-24)28-21(4)25(13-9-6-2)26-14-10-11-15-27(26)28/h6,9-11,13-19,22H,2,5,7-8,12,20H2,1,3-4H3/b13-9-. The lowest BCUT2D eigenvalue weighted by atomic mass is 10.0. The van der Waals surface area contributed by atoms with Gasteiger partial charge in [0, 0.05) is 22.3 Å². The number of unbranched alkanes of at least 4 members (excludes halogenated alkanes) is 1. The Morgan fingerprint density at radius 3 is 2.52 bits per heavy atom. The van der Waals surface area contributed by atoms with Crippen LogP contribution in [0.15, 0.2) is 67.3 Å². The highest BCUT2D eigenvalue weighted by Gasteiger charge is 2.13. The van der Waals surface area contributed by atoms with E-state index in [0.717, 1.165) is 18.0 Å². The second-order valence-electron chi connectivity index (χ2n) is 7.67. The molecule has 0 aliphatic carbocycles. The SMILES string of the molecule is C=C/C=C\c1c(C)n(-c2ccc(OCC(CC)CCCC)cc2)c2ccccc12. The van der Waals surface area contributed by atoms with Crippen LogP contribution >= 0.6 is 0 Å². The Bertz CT molecular complexity index is 962. The maximum Gasteiger partial charge on any atom is 0.119 e. The molecule has 1 unspecified atom stereocenters. The van der Waals surface area contributed by atoms with Gasteiger partial charge in [-0.3, -0.25) is 0 Å². The van der Waals surface area contributed by atoms with Crippen LogP contribution in [0.2, 0.25) is 0 Å². The average Bonchev–Trinajstić information content (AvgIpc) is 3.04. The van der Waals surface area contributed by atoms with Gasteiger partial charge in [0.25, 0.3) is 0 Å². The van der Waals surface area contributed by atoms with E-state index in [0.29, 0.717) is 5.92 Å². The van der Waals surface area contributed by atoms with Crippen LogP contribution in [0.4, 0.5) is 0 Å². The largest absolute Gasteiger partial charge is 0.493 e.